The minimum Gasteiger partial charge on any atom is -0.227 e. The molecule has 2 heterocycles. The molecule has 0 atom stereocenters. The van der Waals surface area contributed by atoms with Crippen molar-refractivity contribution >= 4 is 10.9 Å². The Morgan fingerprint density at radius 2 is 2.00 bits per heavy atom. The van der Waals surface area contributed by atoms with Crippen LogP contribution in [0.2, 0.25) is 0 Å². The highest BCUT2D eigenvalue weighted by molar-refractivity contribution is 5.81. The fraction of sp³-hybridized carbons (Fsp3) is 0.188. The molecule has 0 saturated carbocycles. The minimum absolute atomic E-state index is 0.349. The van der Waals surface area contributed by atoms with Gasteiger partial charge in [-0.3, -0.25) is 0 Å². The molecule has 0 bridgehead atoms. The maximum absolute atomic E-state index is 9.32. The maximum atomic E-state index is 9.32. The SMILES string of the molecule is CC(C)c1ccn(-c2nc3ccccc3cc2C#N)n1. The molecule has 0 spiro atoms. The van der Waals surface area contributed by atoms with Crippen molar-refractivity contribution in [1.82, 2.24) is 14.8 Å². The van der Waals surface area contributed by atoms with E-state index in [0.717, 1.165) is 16.6 Å². The predicted molar refractivity (Wildman–Crippen MR) is 77.7 cm³/mol. The van der Waals surface area contributed by atoms with Gasteiger partial charge in [-0.05, 0) is 24.1 Å². The van der Waals surface area contributed by atoms with E-state index in [1.54, 1.807) is 4.68 Å². The Kier molecular flexibility index (Phi) is 2.96. The molecule has 0 aliphatic rings. The summed E-state index contributed by atoms with van der Waals surface area (Å²) in [6, 6.07) is 13.8. The monoisotopic (exact) mass is 262 g/mol. The van der Waals surface area contributed by atoms with Crippen LogP contribution in [0.1, 0.15) is 31.0 Å². The normalized spacial score (nSPS) is 10.9. The Morgan fingerprint density at radius 1 is 1.20 bits per heavy atom. The van der Waals surface area contributed by atoms with Crippen LogP contribution in [0.5, 0.6) is 0 Å². The number of nitriles is 1. The van der Waals surface area contributed by atoms with E-state index in [0.29, 0.717) is 17.3 Å². The summed E-state index contributed by atoms with van der Waals surface area (Å²) in [6.45, 7) is 4.18. The van der Waals surface area contributed by atoms with Gasteiger partial charge in [0.25, 0.3) is 0 Å². The van der Waals surface area contributed by atoms with Crippen LogP contribution in [0.4, 0.5) is 0 Å². The van der Waals surface area contributed by atoms with Crippen molar-refractivity contribution in [2.75, 3.05) is 0 Å². The number of para-hydroxylation sites is 1. The lowest BCUT2D eigenvalue weighted by atomic mass is 10.1. The maximum Gasteiger partial charge on any atom is 0.171 e. The van der Waals surface area contributed by atoms with Gasteiger partial charge in [0.1, 0.15) is 6.07 Å². The molecule has 0 amide bonds. The van der Waals surface area contributed by atoms with Crippen molar-refractivity contribution in [3.05, 3.63) is 53.9 Å². The third kappa shape index (κ3) is 2.04. The number of fused-ring (bicyclic) bond motifs is 1. The van der Waals surface area contributed by atoms with E-state index in [-0.39, 0.29) is 0 Å². The van der Waals surface area contributed by atoms with E-state index < -0.39 is 0 Å². The first-order valence-corrected chi connectivity index (χ1v) is 6.55. The van der Waals surface area contributed by atoms with E-state index in [1.165, 1.54) is 0 Å². The van der Waals surface area contributed by atoms with E-state index in [4.69, 9.17) is 0 Å². The summed E-state index contributed by atoms with van der Waals surface area (Å²) in [5.74, 6) is 0.931. The van der Waals surface area contributed by atoms with Crippen LogP contribution in [0.25, 0.3) is 16.7 Å². The standard InChI is InChI=1S/C16H14N4/c1-11(2)14-7-8-20(19-14)16-13(10-17)9-12-5-3-4-6-15(12)18-16/h3-9,11H,1-2H3. The fourth-order valence-electron chi connectivity index (χ4n) is 2.13. The topological polar surface area (TPSA) is 54.5 Å². The number of rotatable bonds is 2. The molecule has 20 heavy (non-hydrogen) atoms. The number of benzene rings is 1. The van der Waals surface area contributed by atoms with Gasteiger partial charge >= 0.3 is 0 Å². The van der Waals surface area contributed by atoms with Gasteiger partial charge in [0.05, 0.1) is 16.8 Å². The molecule has 3 rings (SSSR count). The molecule has 0 aliphatic heterocycles. The van der Waals surface area contributed by atoms with E-state index in [9.17, 15) is 5.26 Å². The predicted octanol–water partition coefficient (Wildman–Crippen LogP) is 3.42. The molecule has 0 unspecified atom stereocenters. The first-order chi connectivity index (χ1) is 9.69. The Balaban J connectivity index is 2.21. The van der Waals surface area contributed by atoms with E-state index in [1.807, 2.05) is 42.6 Å². The van der Waals surface area contributed by atoms with Crippen molar-refractivity contribution < 1.29 is 0 Å². The van der Waals surface area contributed by atoms with Gasteiger partial charge in [-0.2, -0.15) is 10.4 Å². The molecule has 0 aliphatic carbocycles. The van der Waals surface area contributed by atoms with Gasteiger partial charge in [0, 0.05) is 11.6 Å². The van der Waals surface area contributed by atoms with Crippen LogP contribution in [0.3, 0.4) is 0 Å². The summed E-state index contributed by atoms with van der Waals surface area (Å²) in [6.07, 6.45) is 1.85. The first kappa shape index (κ1) is 12.4. The summed E-state index contributed by atoms with van der Waals surface area (Å²) in [5.41, 5.74) is 2.38. The van der Waals surface area contributed by atoms with Gasteiger partial charge in [0.15, 0.2) is 5.82 Å². The third-order valence-corrected chi connectivity index (χ3v) is 3.24. The van der Waals surface area contributed by atoms with Crippen molar-refractivity contribution in [3.8, 4) is 11.9 Å². The summed E-state index contributed by atoms with van der Waals surface area (Å²) in [5, 5.41) is 14.8. The largest absolute Gasteiger partial charge is 0.227 e. The van der Waals surface area contributed by atoms with Gasteiger partial charge in [-0.25, -0.2) is 9.67 Å². The van der Waals surface area contributed by atoms with Crippen LogP contribution in [0, 0.1) is 11.3 Å². The lowest BCUT2D eigenvalue weighted by molar-refractivity contribution is 0.758. The molecule has 0 fully saturated rings. The van der Waals surface area contributed by atoms with Crippen molar-refractivity contribution in [3.63, 3.8) is 0 Å². The molecule has 0 saturated heterocycles. The zero-order valence-electron chi connectivity index (χ0n) is 11.4. The Bertz CT molecular complexity index is 809. The molecule has 98 valence electrons. The lowest BCUT2D eigenvalue weighted by Gasteiger charge is -2.06. The molecule has 4 nitrogen and oxygen atoms in total. The lowest BCUT2D eigenvalue weighted by Crippen LogP contribution is -2.03. The molecule has 3 aromatic rings. The molecule has 0 N–H and O–H groups in total. The Hall–Kier alpha value is -2.67. The highest BCUT2D eigenvalue weighted by Gasteiger charge is 2.11. The van der Waals surface area contributed by atoms with Crippen LogP contribution >= 0.6 is 0 Å². The second kappa shape index (κ2) is 4.78. The molecule has 4 heteroatoms. The quantitative estimate of drug-likeness (QED) is 0.711. The summed E-state index contributed by atoms with van der Waals surface area (Å²) >= 11 is 0. The number of nitrogens with zero attached hydrogens (tertiary/aromatic N) is 4. The third-order valence-electron chi connectivity index (χ3n) is 3.24. The number of hydrogen-bond acceptors (Lipinski definition) is 3. The number of hydrogen-bond donors (Lipinski definition) is 0. The molecular weight excluding hydrogens is 248 g/mol. The van der Waals surface area contributed by atoms with Crippen molar-refractivity contribution in [2.45, 2.75) is 19.8 Å². The molecule has 1 aromatic carbocycles. The summed E-state index contributed by atoms with van der Waals surface area (Å²) in [7, 11) is 0. The minimum atomic E-state index is 0.349. The van der Waals surface area contributed by atoms with Gasteiger partial charge in [-0.15, -0.1) is 0 Å². The first-order valence-electron chi connectivity index (χ1n) is 6.55. The number of pyridine rings is 1. The van der Waals surface area contributed by atoms with E-state index >= 15 is 0 Å². The fourth-order valence-corrected chi connectivity index (χ4v) is 2.13. The molecular formula is C16H14N4. The highest BCUT2D eigenvalue weighted by atomic mass is 15.3. The van der Waals surface area contributed by atoms with Gasteiger partial charge < -0.3 is 0 Å². The smallest absolute Gasteiger partial charge is 0.171 e. The summed E-state index contributed by atoms with van der Waals surface area (Å²) < 4.78 is 1.68. The number of aromatic nitrogens is 3. The second-order valence-electron chi connectivity index (χ2n) is 5.00. The second-order valence-corrected chi connectivity index (χ2v) is 5.00. The Morgan fingerprint density at radius 3 is 2.70 bits per heavy atom. The van der Waals surface area contributed by atoms with Crippen molar-refractivity contribution in [1.29, 1.82) is 5.26 Å². The van der Waals surface area contributed by atoms with Crippen molar-refractivity contribution in [2.24, 2.45) is 0 Å². The molecule has 2 aromatic heterocycles. The average molecular weight is 262 g/mol. The highest BCUT2D eigenvalue weighted by Crippen LogP contribution is 2.20. The van der Waals surface area contributed by atoms with E-state index in [2.05, 4.69) is 30.0 Å². The average Bonchev–Trinajstić information content (AvgIpc) is 2.95. The van der Waals surface area contributed by atoms with Crippen LogP contribution in [-0.4, -0.2) is 14.8 Å². The summed E-state index contributed by atoms with van der Waals surface area (Å²) in [4.78, 5) is 4.57. The Labute approximate surface area is 117 Å². The van der Waals surface area contributed by atoms with Gasteiger partial charge in [0.2, 0.25) is 0 Å². The van der Waals surface area contributed by atoms with Crippen LogP contribution < -0.4 is 0 Å². The zero-order valence-corrected chi connectivity index (χ0v) is 11.4. The molecule has 0 radical (unpaired) electrons. The zero-order chi connectivity index (χ0) is 14.1. The van der Waals surface area contributed by atoms with Crippen LogP contribution in [-0.2, 0) is 0 Å². The van der Waals surface area contributed by atoms with Gasteiger partial charge in [-0.1, -0.05) is 32.0 Å². The van der Waals surface area contributed by atoms with Crippen LogP contribution in [0.15, 0.2) is 42.6 Å².